The molecule has 2 nitrogen and oxygen atoms in total. The van der Waals surface area contributed by atoms with Crippen molar-refractivity contribution in [3.8, 4) is 0 Å². The first kappa shape index (κ1) is 9.69. The maximum Gasteiger partial charge on any atom is 0.0740 e. The molecule has 0 bridgehead atoms. The summed E-state index contributed by atoms with van der Waals surface area (Å²) in [5.74, 6) is 0. The van der Waals surface area contributed by atoms with Gasteiger partial charge in [-0.25, -0.2) is 0 Å². The van der Waals surface area contributed by atoms with Gasteiger partial charge in [-0.2, -0.15) is 0 Å². The maximum atomic E-state index is 5.66. The Kier molecular flexibility index (Phi) is 3.17. The van der Waals surface area contributed by atoms with E-state index in [1.165, 1.54) is 11.1 Å². The molecule has 14 heavy (non-hydrogen) atoms. The number of hydrogen-bond donors (Lipinski definition) is 1. The second kappa shape index (κ2) is 4.58. The van der Waals surface area contributed by atoms with Crippen LogP contribution in [0.1, 0.15) is 11.1 Å². The second-order valence-electron chi connectivity index (χ2n) is 3.89. The van der Waals surface area contributed by atoms with E-state index in [0.29, 0.717) is 6.10 Å². The van der Waals surface area contributed by atoms with E-state index in [1.54, 1.807) is 0 Å². The number of morpholine rings is 1. The van der Waals surface area contributed by atoms with Crippen LogP contribution in [-0.2, 0) is 11.2 Å². The average molecular weight is 191 g/mol. The topological polar surface area (TPSA) is 21.3 Å². The summed E-state index contributed by atoms with van der Waals surface area (Å²) < 4.78 is 5.66. The Morgan fingerprint density at radius 3 is 3.14 bits per heavy atom. The molecule has 1 fully saturated rings. The zero-order chi connectivity index (χ0) is 9.80. The summed E-state index contributed by atoms with van der Waals surface area (Å²) in [7, 11) is 0. The van der Waals surface area contributed by atoms with Gasteiger partial charge in [0.25, 0.3) is 0 Å². The Morgan fingerprint density at radius 1 is 1.50 bits per heavy atom. The molecule has 1 unspecified atom stereocenters. The van der Waals surface area contributed by atoms with E-state index in [9.17, 15) is 0 Å². The van der Waals surface area contributed by atoms with Gasteiger partial charge in [0.05, 0.1) is 12.7 Å². The van der Waals surface area contributed by atoms with Crippen molar-refractivity contribution in [3.05, 3.63) is 35.4 Å². The lowest BCUT2D eigenvalue weighted by atomic mass is 10.1. The summed E-state index contributed by atoms with van der Waals surface area (Å²) in [6.45, 7) is 4.94. The molecular weight excluding hydrogens is 174 g/mol. The predicted molar refractivity (Wildman–Crippen MR) is 57.5 cm³/mol. The summed E-state index contributed by atoms with van der Waals surface area (Å²) in [5.41, 5.74) is 2.70. The summed E-state index contributed by atoms with van der Waals surface area (Å²) >= 11 is 0. The molecule has 1 heterocycles. The fourth-order valence-corrected chi connectivity index (χ4v) is 1.85. The van der Waals surface area contributed by atoms with Gasteiger partial charge < -0.3 is 10.1 Å². The van der Waals surface area contributed by atoms with Crippen LogP contribution in [-0.4, -0.2) is 25.8 Å². The van der Waals surface area contributed by atoms with Gasteiger partial charge in [0.1, 0.15) is 0 Å². The monoisotopic (exact) mass is 191 g/mol. The predicted octanol–water partition coefficient (Wildman–Crippen LogP) is 1.53. The molecule has 1 aromatic carbocycles. The van der Waals surface area contributed by atoms with Gasteiger partial charge in [-0.05, 0) is 18.9 Å². The van der Waals surface area contributed by atoms with E-state index in [-0.39, 0.29) is 0 Å². The van der Waals surface area contributed by atoms with Gasteiger partial charge in [-0.15, -0.1) is 0 Å². The van der Waals surface area contributed by atoms with Crippen LogP contribution in [0.2, 0.25) is 0 Å². The Bertz CT molecular complexity index is 292. The standard InChI is InChI=1S/C12H17NO/c1-10-3-2-4-11(7-10)8-12-9-13-5-6-14-12/h2-4,7,12-13H,5-6,8-9H2,1H3. The second-order valence-corrected chi connectivity index (χ2v) is 3.89. The number of ether oxygens (including phenoxy) is 1. The normalized spacial score (nSPS) is 22.2. The molecule has 1 aliphatic rings. The minimum absolute atomic E-state index is 0.352. The Morgan fingerprint density at radius 2 is 2.43 bits per heavy atom. The van der Waals surface area contributed by atoms with Crippen LogP contribution in [0.5, 0.6) is 0 Å². The number of rotatable bonds is 2. The van der Waals surface area contributed by atoms with Crippen molar-refractivity contribution in [1.82, 2.24) is 5.32 Å². The summed E-state index contributed by atoms with van der Waals surface area (Å²) in [4.78, 5) is 0. The van der Waals surface area contributed by atoms with Crippen molar-refractivity contribution in [2.45, 2.75) is 19.4 Å². The molecule has 0 saturated carbocycles. The van der Waals surface area contributed by atoms with Crippen molar-refractivity contribution >= 4 is 0 Å². The zero-order valence-corrected chi connectivity index (χ0v) is 8.62. The fourth-order valence-electron chi connectivity index (χ4n) is 1.85. The minimum atomic E-state index is 0.352. The maximum absolute atomic E-state index is 5.66. The van der Waals surface area contributed by atoms with Crippen LogP contribution in [0.3, 0.4) is 0 Å². The van der Waals surface area contributed by atoms with E-state index in [4.69, 9.17) is 4.74 Å². The molecule has 0 aliphatic carbocycles. The van der Waals surface area contributed by atoms with E-state index in [0.717, 1.165) is 26.1 Å². The first-order valence-electron chi connectivity index (χ1n) is 5.22. The number of benzene rings is 1. The summed E-state index contributed by atoms with van der Waals surface area (Å²) in [6, 6.07) is 8.65. The highest BCUT2D eigenvalue weighted by atomic mass is 16.5. The van der Waals surface area contributed by atoms with Crippen molar-refractivity contribution in [2.75, 3.05) is 19.7 Å². The van der Waals surface area contributed by atoms with E-state index >= 15 is 0 Å². The minimum Gasteiger partial charge on any atom is -0.375 e. The van der Waals surface area contributed by atoms with E-state index in [1.807, 2.05) is 0 Å². The van der Waals surface area contributed by atoms with Crippen molar-refractivity contribution in [1.29, 1.82) is 0 Å². The molecule has 2 heteroatoms. The lowest BCUT2D eigenvalue weighted by Gasteiger charge is -2.23. The lowest BCUT2D eigenvalue weighted by Crippen LogP contribution is -2.39. The molecule has 76 valence electrons. The molecule has 1 N–H and O–H groups in total. The average Bonchev–Trinajstić information content (AvgIpc) is 2.19. The SMILES string of the molecule is Cc1cccc(CC2CNCCO2)c1. The van der Waals surface area contributed by atoms with Crippen LogP contribution in [0.25, 0.3) is 0 Å². The van der Waals surface area contributed by atoms with Crippen molar-refractivity contribution in [2.24, 2.45) is 0 Å². The van der Waals surface area contributed by atoms with E-state index in [2.05, 4.69) is 36.5 Å². The van der Waals surface area contributed by atoms with Gasteiger partial charge in [-0.3, -0.25) is 0 Å². The van der Waals surface area contributed by atoms with Crippen LogP contribution >= 0.6 is 0 Å². The van der Waals surface area contributed by atoms with Crippen LogP contribution in [0.4, 0.5) is 0 Å². The van der Waals surface area contributed by atoms with Crippen molar-refractivity contribution < 1.29 is 4.74 Å². The third-order valence-corrected chi connectivity index (χ3v) is 2.55. The third-order valence-electron chi connectivity index (χ3n) is 2.55. The molecule has 0 radical (unpaired) electrons. The highest BCUT2D eigenvalue weighted by Crippen LogP contribution is 2.09. The Hall–Kier alpha value is -0.860. The number of aryl methyl sites for hydroxylation is 1. The Labute approximate surface area is 85.3 Å². The first-order valence-corrected chi connectivity index (χ1v) is 5.22. The highest BCUT2D eigenvalue weighted by molar-refractivity contribution is 5.22. The molecule has 2 rings (SSSR count). The van der Waals surface area contributed by atoms with Gasteiger partial charge >= 0.3 is 0 Å². The first-order chi connectivity index (χ1) is 6.84. The Balaban J connectivity index is 1.95. The van der Waals surface area contributed by atoms with E-state index < -0.39 is 0 Å². The van der Waals surface area contributed by atoms with Crippen LogP contribution < -0.4 is 5.32 Å². The highest BCUT2D eigenvalue weighted by Gasteiger charge is 2.13. The van der Waals surface area contributed by atoms with Crippen LogP contribution in [0, 0.1) is 6.92 Å². The van der Waals surface area contributed by atoms with Gasteiger partial charge in [0, 0.05) is 13.1 Å². The third kappa shape index (κ3) is 2.56. The smallest absolute Gasteiger partial charge is 0.0740 e. The molecule has 1 aromatic rings. The molecule has 0 amide bonds. The van der Waals surface area contributed by atoms with Crippen LogP contribution in [0.15, 0.2) is 24.3 Å². The van der Waals surface area contributed by atoms with Gasteiger partial charge in [0.15, 0.2) is 0 Å². The largest absolute Gasteiger partial charge is 0.375 e. The molecule has 1 saturated heterocycles. The lowest BCUT2D eigenvalue weighted by molar-refractivity contribution is 0.0292. The molecule has 1 aliphatic heterocycles. The quantitative estimate of drug-likeness (QED) is 0.765. The molecule has 0 aromatic heterocycles. The fraction of sp³-hybridized carbons (Fsp3) is 0.500. The van der Waals surface area contributed by atoms with Crippen molar-refractivity contribution in [3.63, 3.8) is 0 Å². The summed E-state index contributed by atoms with van der Waals surface area (Å²) in [6.07, 6.45) is 1.37. The van der Waals surface area contributed by atoms with Gasteiger partial charge in [-0.1, -0.05) is 29.8 Å². The molecule has 0 spiro atoms. The molecular formula is C12H17NO. The van der Waals surface area contributed by atoms with Gasteiger partial charge in [0.2, 0.25) is 0 Å². The molecule has 1 atom stereocenters. The number of nitrogens with one attached hydrogen (secondary N) is 1. The zero-order valence-electron chi connectivity index (χ0n) is 8.62. The number of hydrogen-bond acceptors (Lipinski definition) is 2. The summed E-state index contributed by atoms with van der Waals surface area (Å²) in [5, 5.41) is 3.34.